The highest BCUT2D eigenvalue weighted by atomic mass is 16.6. The number of aliphatic hydroxyl groups is 2. The molecule has 0 aromatic carbocycles. The van der Waals surface area contributed by atoms with Crippen LogP contribution in [0.1, 0.15) is 6.42 Å². The molecule has 0 aliphatic rings. The molecule has 0 amide bonds. The van der Waals surface area contributed by atoms with Gasteiger partial charge in [-0.05, 0) is 16.3 Å². The molecule has 0 radical (unpaired) electrons. The zero-order valence-electron chi connectivity index (χ0n) is 9.39. The topological polar surface area (TPSA) is 111 Å². The average Bonchev–Trinajstić information content (AvgIpc) is 2.76. The lowest BCUT2D eigenvalue weighted by Gasteiger charge is -2.18. The third-order valence-electron chi connectivity index (χ3n) is 2.40. The van der Waals surface area contributed by atoms with Gasteiger partial charge in [0.25, 0.3) is 0 Å². The predicted octanol–water partition coefficient (Wildman–Crippen LogP) is -0.450. The first kappa shape index (κ1) is 13.6. The van der Waals surface area contributed by atoms with Crippen LogP contribution in [-0.4, -0.2) is 50.6 Å². The lowest BCUT2D eigenvalue weighted by molar-refractivity contribution is -0.389. The van der Waals surface area contributed by atoms with E-state index in [0.29, 0.717) is 13.0 Å². The van der Waals surface area contributed by atoms with E-state index in [1.54, 1.807) is 0 Å². The molecule has 1 aromatic rings. The zero-order chi connectivity index (χ0) is 12.8. The van der Waals surface area contributed by atoms with Crippen molar-refractivity contribution in [2.24, 2.45) is 0 Å². The smallest absolute Gasteiger partial charge is 0.381 e. The molecule has 2 atom stereocenters. The molecule has 17 heavy (non-hydrogen) atoms. The van der Waals surface area contributed by atoms with Gasteiger partial charge in [0.1, 0.15) is 12.3 Å². The molecule has 96 valence electrons. The van der Waals surface area contributed by atoms with E-state index in [9.17, 15) is 15.2 Å². The molecule has 1 aromatic heterocycles. The molecular weight excluding hydrogens is 230 g/mol. The normalized spacial score (nSPS) is 14.5. The number of ether oxygens (including phenoxy) is 1. The highest BCUT2D eigenvalue weighted by Crippen LogP contribution is 2.09. The monoisotopic (exact) mass is 245 g/mol. The Morgan fingerprint density at radius 3 is 2.88 bits per heavy atom. The maximum Gasteiger partial charge on any atom is 0.381 e. The van der Waals surface area contributed by atoms with Crippen molar-refractivity contribution in [1.82, 2.24) is 9.55 Å². The van der Waals surface area contributed by atoms with E-state index in [0.717, 1.165) is 0 Å². The molecule has 8 nitrogen and oxygen atoms in total. The maximum atomic E-state index is 10.4. The molecule has 1 rings (SSSR count). The fourth-order valence-electron chi connectivity index (χ4n) is 1.39. The van der Waals surface area contributed by atoms with Crippen LogP contribution in [0.3, 0.4) is 0 Å². The number of methoxy groups -OCH3 is 1. The van der Waals surface area contributed by atoms with Crippen molar-refractivity contribution in [2.45, 2.75) is 25.2 Å². The van der Waals surface area contributed by atoms with E-state index in [1.807, 2.05) is 0 Å². The van der Waals surface area contributed by atoms with Gasteiger partial charge in [-0.15, -0.1) is 0 Å². The summed E-state index contributed by atoms with van der Waals surface area (Å²) in [5.74, 6) is -0.232. The first-order valence-electron chi connectivity index (χ1n) is 5.06. The molecule has 1 unspecified atom stereocenters. The van der Waals surface area contributed by atoms with Crippen LogP contribution in [0.5, 0.6) is 0 Å². The summed E-state index contributed by atoms with van der Waals surface area (Å²) in [6.45, 7) is 0.0869. The molecule has 0 aliphatic carbocycles. The Balaban J connectivity index is 2.46. The van der Waals surface area contributed by atoms with Gasteiger partial charge in [-0.2, -0.15) is 0 Å². The second-order valence-electron chi connectivity index (χ2n) is 3.54. The van der Waals surface area contributed by atoms with Gasteiger partial charge in [-0.1, -0.05) is 0 Å². The minimum atomic E-state index is -0.827. The first-order valence-corrected chi connectivity index (χ1v) is 5.06. The summed E-state index contributed by atoms with van der Waals surface area (Å²) >= 11 is 0. The Hall–Kier alpha value is -1.51. The number of aliphatic hydroxyl groups excluding tert-OH is 2. The van der Waals surface area contributed by atoms with Gasteiger partial charge in [-0.25, -0.2) is 0 Å². The van der Waals surface area contributed by atoms with Crippen LogP contribution in [0, 0.1) is 10.1 Å². The zero-order valence-corrected chi connectivity index (χ0v) is 9.39. The highest BCUT2D eigenvalue weighted by Gasteiger charge is 2.18. The van der Waals surface area contributed by atoms with Crippen molar-refractivity contribution >= 4 is 5.82 Å². The summed E-state index contributed by atoms with van der Waals surface area (Å²) in [5, 5.41) is 28.9. The van der Waals surface area contributed by atoms with Gasteiger partial charge in [0.2, 0.25) is 6.33 Å². The number of rotatable bonds is 7. The number of imidazole rings is 1. The van der Waals surface area contributed by atoms with Gasteiger partial charge in [-0.3, -0.25) is 0 Å². The van der Waals surface area contributed by atoms with Crippen molar-refractivity contribution in [3.63, 3.8) is 0 Å². The highest BCUT2D eigenvalue weighted by molar-refractivity contribution is 5.12. The van der Waals surface area contributed by atoms with E-state index in [4.69, 9.17) is 9.84 Å². The Morgan fingerprint density at radius 2 is 2.41 bits per heavy atom. The number of hydrogen-bond acceptors (Lipinski definition) is 6. The fraction of sp³-hybridized carbons (Fsp3) is 0.667. The molecular formula is C9H15N3O5. The van der Waals surface area contributed by atoms with Crippen molar-refractivity contribution < 1.29 is 19.9 Å². The first-order chi connectivity index (χ1) is 8.08. The van der Waals surface area contributed by atoms with Crippen LogP contribution in [0.15, 0.2) is 12.5 Å². The molecule has 0 aliphatic heterocycles. The second-order valence-corrected chi connectivity index (χ2v) is 3.54. The lowest BCUT2D eigenvalue weighted by Crippen LogP contribution is -2.32. The van der Waals surface area contributed by atoms with Crippen LogP contribution in [0.2, 0.25) is 0 Å². The van der Waals surface area contributed by atoms with Crippen molar-refractivity contribution in [2.75, 3.05) is 13.7 Å². The van der Waals surface area contributed by atoms with Crippen molar-refractivity contribution in [3.05, 3.63) is 22.6 Å². The third-order valence-corrected chi connectivity index (χ3v) is 2.40. The molecule has 8 heteroatoms. The van der Waals surface area contributed by atoms with Crippen LogP contribution >= 0.6 is 0 Å². The summed E-state index contributed by atoms with van der Waals surface area (Å²) in [5.41, 5.74) is 0. The second kappa shape index (κ2) is 6.28. The Bertz CT molecular complexity index is 363. The van der Waals surface area contributed by atoms with E-state index in [-0.39, 0.29) is 12.4 Å². The van der Waals surface area contributed by atoms with Crippen LogP contribution in [-0.2, 0) is 11.3 Å². The number of hydrogen-bond donors (Lipinski definition) is 2. The molecule has 0 saturated heterocycles. The summed E-state index contributed by atoms with van der Waals surface area (Å²) in [4.78, 5) is 13.4. The lowest BCUT2D eigenvalue weighted by atomic mass is 10.1. The van der Waals surface area contributed by atoms with Crippen molar-refractivity contribution in [3.8, 4) is 0 Å². The van der Waals surface area contributed by atoms with Gasteiger partial charge in [0.05, 0.1) is 12.7 Å². The minimum absolute atomic E-state index is 0.232. The fourth-order valence-corrected chi connectivity index (χ4v) is 1.39. The Labute approximate surface area is 97.6 Å². The summed E-state index contributed by atoms with van der Waals surface area (Å²) in [7, 11) is 1.40. The van der Waals surface area contributed by atoms with Crippen LogP contribution < -0.4 is 0 Å². The Kier molecular flexibility index (Phi) is 5.01. The summed E-state index contributed by atoms with van der Waals surface area (Å²) in [6, 6.07) is 0. The molecule has 0 spiro atoms. The van der Waals surface area contributed by atoms with Crippen molar-refractivity contribution in [1.29, 1.82) is 0 Å². The number of nitro groups is 1. The molecule has 2 N–H and O–H groups in total. The molecule has 0 saturated carbocycles. The largest absolute Gasteiger partial charge is 0.394 e. The van der Waals surface area contributed by atoms with E-state index < -0.39 is 17.1 Å². The van der Waals surface area contributed by atoms with E-state index >= 15 is 0 Å². The van der Waals surface area contributed by atoms with E-state index in [1.165, 1.54) is 24.2 Å². The Morgan fingerprint density at radius 1 is 1.71 bits per heavy atom. The molecule has 0 bridgehead atoms. The summed E-state index contributed by atoms with van der Waals surface area (Å²) in [6.07, 6.45) is 1.45. The maximum absolute atomic E-state index is 10.4. The number of nitrogens with zero attached hydrogens (tertiary/aromatic N) is 3. The van der Waals surface area contributed by atoms with Gasteiger partial charge < -0.3 is 29.6 Å². The van der Waals surface area contributed by atoms with Crippen LogP contribution in [0.25, 0.3) is 0 Å². The quantitative estimate of drug-likeness (QED) is 0.497. The third kappa shape index (κ3) is 3.77. The number of aromatic nitrogens is 2. The van der Waals surface area contributed by atoms with E-state index in [2.05, 4.69) is 4.98 Å². The van der Waals surface area contributed by atoms with Gasteiger partial charge >= 0.3 is 5.82 Å². The molecule has 0 fully saturated rings. The van der Waals surface area contributed by atoms with Gasteiger partial charge in [0.15, 0.2) is 0 Å². The predicted molar refractivity (Wildman–Crippen MR) is 57.4 cm³/mol. The van der Waals surface area contributed by atoms with Gasteiger partial charge in [0, 0.05) is 13.7 Å². The summed E-state index contributed by atoms with van der Waals surface area (Å²) < 4.78 is 6.37. The van der Waals surface area contributed by atoms with Crippen LogP contribution in [0.4, 0.5) is 5.82 Å². The SMILES string of the molecule is CO[C@H](CO)C(O)CCn1cnc([N+](=O)[O-])c1. The number of aryl methyl sites for hydroxylation is 1. The average molecular weight is 245 g/mol. The standard InChI is InChI=1S/C9H15N3O5/c1-17-8(5-13)7(14)2-3-11-4-9(10-6-11)12(15)16/h4,6-8,13-14H,2-3,5H2,1H3/t7?,8-/m1/s1. The molecule has 1 heterocycles. The minimum Gasteiger partial charge on any atom is -0.394 e.